The molecule has 3 aromatic carbocycles. The van der Waals surface area contributed by atoms with E-state index in [-0.39, 0.29) is 28.5 Å². The van der Waals surface area contributed by atoms with Crippen molar-refractivity contribution in [3.8, 4) is 11.5 Å². The van der Waals surface area contributed by atoms with Crippen molar-refractivity contribution in [1.82, 2.24) is 0 Å². The summed E-state index contributed by atoms with van der Waals surface area (Å²) in [6, 6.07) is 15.0. The van der Waals surface area contributed by atoms with Gasteiger partial charge in [0.05, 0.1) is 22.5 Å². The predicted octanol–water partition coefficient (Wildman–Crippen LogP) is 7.73. The van der Waals surface area contributed by atoms with E-state index in [0.29, 0.717) is 23.1 Å². The van der Waals surface area contributed by atoms with E-state index in [1.165, 1.54) is 0 Å². The number of nitro benzene ring substituents is 1. The molecule has 1 aliphatic heterocycles. The van der Waals surface area contributed by atoms with E-state index in [2.05, 4.69) is 39.5 Å². The third-order valence-electron chi connectivity index (χ3n) is 6.77. The first kappa shape index (κ1) is 23.7. The Bertz CT molecular complexity index is 1330. The first-order chi connectivity index (χ1) is 16.9. The number of nitrogens with zero attached hydrogens (tertiary/aromatic N) is 1. The van der Waals surface area contributed by atoms with Crippen molar-refractivity contribution in [3.05, 3.63) is 103 Å². The van der Waals surface area contributed by atoms with Gasteiger partial charge in [-0.2, -0.15) is 0 Å². The van der Waals surface area contributed by atoms with Crippen molar-refractivity contribution >= 4 is 38.9 Å². The van der Waals surface area contributed by atoms with Crippen molar-refractivity contribution in [3.63, 3.8) is 0 Å². The molecule has 5 rings (SSSR count). The standard InChI is InChI=1S/C27H24BrClN2O4/c1-15-10-19(31(32)33)13-22-20-4-3-5-21(20)26(30-25(15)22)17-11-23(28)27(24(12-17)34-2)35-14-16-6-8-18(29)9-7-16/h3-4,6-13,20-21,26,30H,5,14H2,1-2H3/t20-,21-,26-/m0/s1. The molecule has 1 N–H and O–H groups in total. The number of nitro groups is 1. The average Bonchev–Trinajstić information content (AvgIpc) is 3.34. The van der Waals surface area contributed by atoms with Crippen LogP contribution in [0, 0.1) is 23.0 Å². The maximum absolute atomic E-state index is 11.4. The Hall–Kier alpha value is -3.03. The lowest BCUT2D eigenvalue weighted by Gasteiger charge is -2.38. The molecule has 180 valence electrons. The first-order valence-electron chi connectivity index (χ1n) is 11.3. The monoisotopic (exact) mass is 554 g/mol. The number of halogens is 2. The second-order valence-electron chi connectivity index (χ2n) is 8.91. The summed E-state index contributed by atoms with van der Waals surface area (Å²) in [7, 11) is 1.63. The summed E-state index contributed by atoms with van der Waals surface area (Å²) in [6.45, 7) is 2.30. The van der Waals surface area contributed by atoms with Crippen LogP contribution in [0.4, 0.5) is 11.4 Å². The van der Waals surface area contributed by atoms with E-state index >= 15 is 0 Å². The van der Waals surface area contributed by atoms with Crippen LogP contribution < -0.4 is 14.8 Å². The summed E-state index contributed by atoms with van der Waals surface area (Å²) in [6.07, 6.45) is 5.23. The number of non-ortho nitro benzene ring substituents is 1. The summed E-state index contributed by atoms with van der Waals surface area (Å²) < 4.78 is 12.6. The number of allylic oxidation sites excluding steroid dienone is 2. The van der Waals surface area contributed by atoms with Crippen LogP contribution in [-0.2, 0) is 6.61 Å². The smallest absolute Gasteiger partial charge is 0.270 e. The highest BCUT2D eigenvalue weighted by Crippen LogP contribution is 2.52. The van der Waals surface area contributed by atoms with Gasteiger partial charge in [-0.3, -0.25) is 10.1 Å². The van der Waals surface area contributed by atoms with Gasteiger partial charge in [0.15, 0.2) is 11.5 Å². The SMILES string of the molecule is COc1cc([C@@H]2Nc3c(C)cc([N+](=O)[O-])cc3[C@H]3C=CC[C@@H]32)cc(Br)c1OCc1ccc(Cl)cc1. The van der Waals surface area contributed by atoms with Gasteiger partial charge in [0.2, 0.25) is 0 Å². The van der Waals surface area contributed by atoms with Gasteiger partial charge in [-0.1, -0.05) is 35.9 Å². The lowest BCUT2D eigenvalue weighted by atomic mass is 9.76. The molecule has 6 nitrogen and oxygen atoms in total. The van der Waals surface area contributed by atoms with E-state index in [9.17, 15) is 10.1 Å². The highest BCUT2D eigenvalue weighted by molar-refractivity contribution is 9.10. The Morgan fingerprint density at radius 1 is 1.20 bits per heavy atom. The van der Waals surface area contributed by atoms with Crippen molar-refractivity contribution in [1.29, 1.82) is 0 Å². The molecule has 8 heteroatoms. The number of ether oxygens (including phenoxy) is 2. The van der Waals surface area contributed by atoms with E-state index < -0.39 is 0 Å². The van der Waals surface area contributed by atoms with E-state index in [4.69, 9.17) is 21.1 Å². The van der Waals surface area contributed by atoms with Crippen LogP contribution in [0.2, 0.25) is 5.02 Å². The Morgan fingerprint density at radius 3 is 2.69 bits per heavy atom. The minimum Gasteiger partial charge on any atom is -0.493 e. The number of rotatable bonds is 6. The average molecular weight is 556 g/mol. The number of hydrogen-bond acceptors (Lipinski definition) is 5. The molecule has 0 fully saturated rings. The molecule has 3 aromatic rings. The van der Waals surface area contributed by atoms with Gasteiger partial charge in [-0.15, -0.1) is 0 Å². The first-order valence-corrected chi connectivity index (χ1v) is 12.5. The molecule has 0 radical (unpaired) electrons. The topological polar surface area (TPSA) is 73.6 Å². The molecule has 1 heterocycles. The summed E-state index contributed by atoms with van der Waals surface area (Å²) in [4.78, 5) is 11.1. The summed E-state index contributed by atoms with van der Waals surface area (Å²) in [5.74, 6) is 1.62. The Labute approximate surface area is 217 Å². The van der Waals surface area contributed by atoms with Crippen LogP contribution in [0.25, 0.3) is 0 Å². The number of fused-ring (bicyclic) bond motifs is 3. The third kappa shape index (κ3) is 4.50. The third-order valence-corrected chi connectivity index (χ3v) is 7.61. The highest BCUT2D eigenvalue weighted by Gasteiger charge is 2.40. The van der Waals surface area contributed by atoms with Crippen LogP contribution in [0.1, 0.15) is 40.6 Å². The fourth-order valence-electron chi connectivity index (χ4n) is 5.10. The maximum Gasteiger partial charge on any atom is 0.270 e. The van der Waals surface area contributed by atoms with Gasteiger partial charge in [0.25, 0.3) is 5.69 Å². The molecule has 0 spiro atoms. The summed E-state index contributed by atoms with van der Waals surface area (Å²) in [5.41, 5.74) is 5.02. The van der Waals surface area contributed by atoms with Gasteiger partial charge in [-0.25, -0.2) is 0 Å². The van der Waals surface area contributed by atoms with Gasteiger partial charge in [0.1, 0.15) is 6.61 Å². The lowest BCUT2D eigenvalue weighted by molar-refractivity contribution is -0.385. The molecule has 3 atom stereocenters. The molecule has 0 saturated heterocycles. The Balaban J connectivity index is 1.47. The zero-order valence-corrected chi connectivity index (χ0v) is 21.6. The molecule has 0 saturated carbocycles. The van der Waals surface area contributed by atoms with Crippen molar-refractivity contribution in [2.24, 2.45) is 5.92 Å². The zero-order valence-electron chi connectivity index (χ0n) is 19.3. The molecule has 0 aromatic heterocycles. The fraction of sp³-hybridized carbons (Fsp3) is 0.259. The predicted molar refractivity (Wildman–Crippen MR) is 141 cm³/mol. The molecule has 35 heavy (non-hydrogen) atoms. The molecule has 0 unspecified atom stereocenters. The summed E-state index contributed by atoms with van der Waals surface area (Å²) in [5, 5.41) is 15.8. The second kappa shape index (κ2) is 9.55. The molecule has 0 amide bonds. The van der Waals surface area contributed by atoms with Gasteiger partial charge >= 0.3 is 0 Å². The van der Waals surface area contributed by atoms with E-state index in [0.717, 1.165) is 38.8 Å². The molecule has 1 aliphatic carbocycles. The molecule has 0 bridgehead atoms. The number of nitrogens with one attached hydrogen (secondary N) is 1. The number of methoxy groups -OCH3 is 1. The quantitative estimate of drug-likeness (QED) is 0.191. The van der Waals surface area contributed by atoms with Gasteiger partial charge < -0.3 is 14.8 Å². The highest BCUT2D eigenvalue weighted by atomic mass is 79.9. The zero-order chi connectivity index (χ0) is 24.7. The largest absolute Gasteiger partial charge is 0.493 e. The normalized spacial score (nSPS) is 20.1. The lowest BCUT2D eigenvalue weighted by Crippen LogP contribution is -2.29. The van der Waals surface area contributed by atoms with Gasteiger partial charge in [-0.05, 0) is 81.7 Å². The van der Waals surface area contributed by atoms with Gasteiger partial charge in [0, 0.05) is 28.8 Å². The summed E-state index contributed by atoms with van der Waals surface area (Å²) >= 11 is 9.68. The minimum atomic E-state index is -0.322. The van der Waals surface area contributed by atoms with Crippen molar-refractivity contribution in [2.75, 3.05) is 12.4 Å². The number of benzene rings is 3. The number of aryl methyl sites for hydroxylation is 1. The van der Waals surface area contributed by atoms with Crippen molar-refractivity contribution < 1.29 is 14.4 Å². The second-order valence-corrected chi connectivity index (χ2v) is 10.2. The van der Waals surface area contributed by atoms with E-state index in [1.54, 1.807) is 19.2 Å². The fourth-order valence-corrected chi connectivity index (χ4v) is 5.80. The van der Waals surface area contributed by atoms with E-state index in [1.807, 2.05) is 37.3 Å². The van der Waals surface area contributed by atoms with Crippen LogP contribution >= 0.6 is 27.5 Å². The molecule has 2 aliphatic rings. The van der Waals surface area contributed by atoms with Crippen molar-refractivity contribution in [2.45, 2.75) is 31.9 Å². The minimum absolute atomic E-state index is 0.0122. The van der Waals surface area contributed by atoms with Crippen LogP contribution in [0.15, 0.2) is 65.2 Å². The maximum atomic E-state index is 11.4. The van der Waals surface area contributed by atoms with Crippen LogP contribution in [0.5, 0.6) is 11.5 Å². The molecular weight excluding hydrogens is 532 g/mol. The Kier molecular flexibility index (Phi) is 6.47. The number of anilines is 1. The Morgan fingerprint density at radius 2 is 1.97 bits per heavy atom. The molecular formula is C27H24BrClN2O4. The number of hydrogen-bond donors (Lipinski definition) is 1. The van der Waals surface area contributed by atoms with Crippen LogP contribution in [-0.4, -0.2) is 12.0 Å². The van der Waals surface area contributed by atoms with Crippen LogP contribution in [0.3, 0.4) is 0 Å².